The van der Waals surface area contributed by atoms with E-state index >= 15 is 0 Å². The Morgan fingerprint density at radius 2 is 1.96 bits per heavy atom. The van der Waals surface area contributed by atoms with Gasteiger partial charge in [-0.3, -0.25) is 9.78 Å². The second kappa shape index (κ2) is 6.95. The first kappa shape index (κ1) is 16.3. The van der Waals surface area contributed by atoms with Crippen molar-refractivity contribution in [3.8, 4) is 5.69 Å². The van der Waals surface area contributed by atoms with Crippen LogP contribution < -0.4 is 11.0 Å². The lowest BCUT2D eigenvalue weighted by atomic mass is 10.3. The van der Waals surface area contributed by atoms with Gasteiger partial charge in [0.1, 0.15) is 5.82 Å². The van der Waals surface area contributed by atoms with Gasteiger partial charge in [0.2, 0.25) is 0 Å². The maximum absolute atomic E-state index is 12.8. The number of carbonyl (C=O) groups excluding carboxylic acids is 1. The van der Waals surface area contributed by atoms with Crippen LogP contribution in [0.2, 0.25) is 0 Å². The molecule has 0 spiro atoms. The summed E-state index contributed by atoms with van der Waals surface area (Å²) in [5, 5.41) is 7.32. The van der Waals surface area contributed by atoms with Crippen molar-refractivity contribution in [1.82, 2.24) is 24.6 Å². The first-order valence-electron chi connectivity index (χ1n) is 8.67. The van der Waals surface area contributed by atoms with E-state index in [9.17, 15) is 9.59 Å². The van der Waals surface area contributed by atoms with E-state index in [0.29, 0.717) is 24.6 Å². The van der Waals surface area contributed by atoms with Crippen LogP contribution in [0, 0.1) is 0 Å². The number of carbonyl (C=O) groups is 1. The highest BCUT2D eigenvalue weighted by Crippen LogP contribution is 2.39. The largest absolute Gasteiger partial charge is 0.350 e. The fourth-order valence-corrected chi connectivity index (χ4v) is 2.87. The molecule has 1 fully saturated rings. The van der Waals surface area contributed by atoms with Crippen molar-refractivity contribution in [3.63, 3.8) is 0 Å². The predicted molar refractivity (Wildman–Crippen MR) is 96.4 cm³/mol. The molecule has 0 aliphatic heterocycles. The van der Waals surface area contributed by atoms with Gasteiger partial charge < -0.3 is 5.32 Å². The minimum atomic E-state index is -0.212. The highest BCUT2D eigenvalue weighted by atomic mass is 16.2. The van der Waals surface area contributed by atoms with Crippen LogP contribution >= 0.6 is 0 Å². The van der Waals surface area contributed by atoms with Crippen molar-refractivity contribution in [2.75, 3.05) is 6.54 Å². The number of pyridine rings is 1. The first-order valence-corrected chi connectivity index (χ1v) is 8.67. The molecule has 1 aromatic carbocycles. The fourth-order valence-electron chi connectivity index (χ4n) is 2.87. The van der Waals surface area contributed by atoms with Crippen LogP contribution in [-0.4, -0.2) is 31.8 Å². The number of hydrogen-bond donors (Lipinski definition) is 1. The molecule has 132 valence electrons. The van der Waals surface area contributed by atoms with Crippen molar-refractivity contribution in [2.45, 2.75) is 25.3 Å². The summed E-state index contributed by atoms with van der Waals surface area (Å²) in [7, 11) is 0. The Hall–Kier alpha value is -3.22. The highest BCUT2D eigenvalue weighted by Gasteiger charge is 2.31. The molecule has 1 N–H and O–H groups in total. The third-order valence-corrected chi connectivity index (χ3v) is 4.35. The quantitative estimate of drug-likeness (QED) is 0.735. The number of amides is 1. The van der Waals surface area contributed by atoms with Crippen LogP contribution in [0.25, 0.3) is 5.69 Å². The van der Waals surface area contributed by atoms with Crippen LogP contribution in [0.15, 0.2) is 59.7 Å². The summed E-state index contributed by atoms with van der Waals surface area (Å²) in [6.45, 7) is 0.647. The maximum atomic E-state index is 12.8. The van der Waals surface area contributed by atoms with E-state index in [1.54, 1.807) is 22.9 Å². The van der Waals surface area contributed by atoms with Gasteiger partial charge in [-0.1, -0.05) is 18.2 Å². The van der Waals surface area contributed by atoms with Crippen LogP contribution in [-0.2, 0) is 6.54 Å². The van der Waals surface area contributed by atoms with Gasteiger partial charge in [0.15, 0.2) is 0 Å². The van der Waals surface area contributed by atoms with Crippen molar-refractivity contribution >= 4 is 5.91 Å². The van der Waals surface area contributed by atoms with Crippen LogP contribution in [0.1, 0.15) is 34.9 Å². The minimum Gasteiger partial charge on any atom is -0.350 e. The normalized spacial score (nSPS) is 13.5. The summed E-state index contributed by atoms with van der Waals surface area (Å²) < 4.78 is 3.12. The number of nitrogens with one attached hydrogen (secondary N) is 1. The van der Waals surface area contributed by atoms with Crippen LogP contribution in [0.5, 0.6) is 0 Å². The van der Waals surface area contributed by atoms with Gasteiger partial charge in [-0.15, -0.1) is 0 Å². The van der Waals surface area contributed by atoms with E-state index in [1.807, 2.05) is 30.3 Å². The lowest BCUT2D eigenvalue weighted by Crippen LogP contribution is -2.32. The van der Waals surface area contributed by atoms with E-state index in [4.69, 9.17) is 0 Å². The first-order chi connectivity index (χ1) is 12.7. The smallest absolute Gasteiger partial charge is 0.350 e. The number of hydrogen-bond acceptors (Lipinski definition) is 4. The number of para-hydroxylation sites is 1. The molecule has 7 nitrogen and oxygen atoms in total. The lowest BCUT2D eigenvalue weighted by molar-refractivity contribution is 0.0951. The molecule has 0 atom stereocenters. The molecule has 7 heteroatoms. The summed E-state index contributed by atoms with van der Waals surface area (Å²) in [6.07, 6.45) is 5.24. The Morgan fingerprint density at radius 3 is 2.65 bits per heavy atom. The number of rotatable bonds is 6. The average Bonchev–Trinajstić information content (AvgIpc) is 3.48. The van der Waals surface area contributed by atoms with Gasteiger partial charge in [-0.05, 0) is 37.1 Å². The monoisotopic (exact) mass is 349 g/mol. The summed E-state index contributed by atoms with van der Waals surface area (Å²) in [6, 6.07) is 13.0. The van der Waals surface area contributed by atoms with Crippen LogP contribution in [0.4, 0.5) is 0 Å². The second-order valence-electron chi connectivity index (χ2n) is 6.31. The lowest BCUT2D eigenvalue weighted by Gasteiger charge is -2.04. The Balaban J connectivity index is 1.51. The van der Waals surface area contributed by atoms with E-state index in [0.717, 1.165) is 24.4 Å². The number of aromatic nitrogens is 4. The van der Waals surface area contributed by atoms with Crippen molar-refractivity contribution in [1.29, 1.82) is 0 Å². The number of benzene rings is 1. The number of nitrogens with zero attached hydrogens (tertiary/aromatic N) is 4. The van der Waals surface area contributed by atoms with Crippen molar-refractivity contribution < 1.29 is 4.79 Å². The molecule has 2 heterocycles. The summed E-state index contributed by atoms with van der Waals surface area (Å²) in [5.41, 5.74) is 1.15. The molecule has 0 bridgehead atoms. The fraction of sp³-hybridized carbons (Fsp3) is 0.263. The van der Waals surface area contributed by atoms with E-state index in [2.05, 4.69) is 15.4 Å². The molecule has 1 amide bonds. The molecule has 0 radical (unpaired) electrons. The van der Waals surface area contributed by atoms with E-state index in [-0.39, 0.29) is 11.6 Å². The Bertz CT molecular complexity index is 959. The molecular weight excluding hydrogens is 330 g/mol. The molecule has 26 heavy (non-hydrogen) atoms. The minimum absolute atomic E-state index is 0.172. The highest BCUT2D eigenvalue weighted by molar-refractivity contribution is 5.93. The van der Waals surface area contributed by atoms with Crippen molar-refractivity contribution in [3.05, 3.63) is 76.7 Å². The molecule has 4 rings (SSSR count). The summed E-state index contributed by atoms with van der Waals surface area (Å²) in [5.74, 6) is 0.935. The molecule has 0 saturated heterocycles. The van der Waals surface area contributed by atoms with Gasteiger partial charge in [0.25, 0.3) is 5.91 Å². The molecule has 0 unspecified atom stereocenters. The van der Waals surface area contributed by atoms with Crippen molar-refractivity contribution in [2.24, 2.45) is 0 Å². The second-order valence-corrected chi connectivity index (χ2v) is 6.31. The summed E-state index contributed by atoms with van der Waals surface area (Å²) in [4.78, 5) is 28.8. The maximum Gasteiger partial charge on any atom is 0.350 e. The summed E-state index contributed by atoms with van der Waals surface area (Å²) >= 11 is 0. The van der Waals surface area contributed by atoms with Gasteiger partial charge in [-0.2, -0.15) is 5.10 Å². The van der Waals surface area contributed by atoms with Gasteiger partial charge in [-0.25, -0.2) is 14.0 Å². The predicted octanol–water partition coefficient (Wildman–Crippen LogP) is 1.74. The van der Waals surface area contributed by atoms with E-state index < -0.39 is 0 Å². The molecule has 3 aromatic rings. The molecule has 2 aromatic heterocycles. The van der Waals surface area contributed by atoms with Crippen LogP contribution in [0.3, 0.4) is 0 Å². The van der Waals surface area contributed by atoms with Gasteiger partial charge in [0.05, 0.1) is 17.8 Å². The zero-order valence-corrected chi connectivity index (χ0v) is 14.2. The zero-order valence-electron chi connectivity index (χ0n) is 14.2. The Labute approximate surface area is 150 Å². The third kappa shape index (κ3) is 3.28. The Morgan fingerprint density at radius 1 is 1.15 bits per heavy atom. The molecule has 1 aliphatic carbocycles. The zero-order chi connectivity index (χ0) is 17.9. The molecule has 1 saturated carbocycles. The van der Waals surface area contributed by atoms with Gasteiger partial charge >= 0.3 is 5.69 Å². The SMILES string of the molecule is O=C(NCCn1nc(C2CC2)n(-c2ccccc2)c1=O)c1cccnc1. The topological polar surface area (TPSA) is 81.8 Å². The standard InChI is InChI=1S/C19H19N5O2/c25-18(15-5-4-10-20-13-15)21-11-12-23-19(26)24(16-6-2-1-3-7-16)17(22-23)14-8-9-14/h1-7,10,13-14H,8-9,11-12H2,(H,21,25). The third-order valence-electron chi connectivity index (χ3n) is 4.35. The Kier molecular flexibility index (Phi) is 4.35. The average molecular weight is 349 g/mol. The molecule has 1 aliphatic rings. The van der Waals surface area contributed by atoms with Gasteiger partial charge in [0, 0.05) is 24.9 Å². The molecular formula is C19H19N5O2. The van der Waals surface area contributed by atoms with E-state index in [1.165, 1.54) is 10.9 Å².